The van der Waals surface area contributed by atoms with Gasteiger partial charge in [0, 0.05) is 19.3 Å². The van der Waals surface area contributed by atoms with E-state index in [9.17, 15) is 14.4 Å². The maximum Gasteiger partial charge on any atom is 0.306 e. The van der Waals surface area contributed by atoms with Gasteiger partial charge in [0.15, 0.2) is 6.10 Å². The predicted octanol–water partition coefficient (Wildman–Crippen LogP) is 16.5. The Morgan fingerprint density at radius 2 is 0.698 bits per heavy atom. The lowest BCUT2D eigenvalue weighted by atomic mass is 10.1. The molecule has 354 valence electrons. The molecule has 0 spiro atoms. The molecule has 1 unspecified atom stereocenters. The molecule has 0 fully saturated rings. The summed E-state index contributed by atoms with van der Waals surface area (Å²) >= 11 is 0. The van der Waals surface area contributed by atoms with Crippen LogP contribution in [0.25, 0.3) is 0 Å². The Morgan fingerprint density at radius 1 is 0.349 bits per heavy atom. The highest BCUT2D eigenvalue weighted by Gasteiger charge is 2.19. The number of allylic oxidation sites excluding steroid dienone is 20. The molecule has 0 aromatic heterocycles. The summed E-state index contributed by atoms with van der Waals surface area (Å²) in [5, 5.41) is 0. The van der Waals surface area contributed by atoms with Crippen molar-refractivity contribution < 1.29 is 28.6 Å². The van der Waals surface area contributed by atoms with Crippen LogP contribution in [-0.4, -0.2) is 37.2 Å². The van der Waals surface area contributed by atoms with Crippen LogP contribution >= 0.6 is 0 Å². The van der Waals surface area contributed by atoms with E-state index in [2.05, 4.69) is 106 Å². The van der Waals surface area contributed by atoms with E-state index in [1.165, 1.54) is 64.2 Å². The van der Waals surface area contributed by atoms with Crippen LogP contribution in [0.2, 0.25) is 0 Å². The van der Waals surface area contributed by atoms with E-state index in [1.807, 2.05) is 36.5 Å². The highest BCUT2D eigenvalue weighted by molar-refractivity contribution is 5.71. The van der Waals surface area contributed by atoms with Crippen LogP contribution in [-0.2, 0) is 28.6 Å². The zero-order valence-electron chi connectivity index (χ0n) is 40.3. The first-order chi connectivity index (χ1) is 31.0. The van der Waals surface area contributed by atoms with E-state index in [0.717, 1.165) is 89.9 Å². The summed E-state index contributed by atoms with van der Waals surface area (Å²) < 4.78 is 16.7. The second kappa shape index (κ2) is 50.5. The summed E-state index contributed by atoms with van der Waals surface area (Å²) in [5.74, 6) is -1.03. The molecule has 0 saturated heterocycles. The van der Waals surface area contributed by atoms with Gasteiger partial charge in [-0.15, -0.1) is 0 Å². The summed E-state index contributed by atoms with van der Waals surface area (Å²) in [6.45, 7) is 6.25. The van der Waals surface area contributed by atoms with Gasteiger partial charge in [-0.1, -0.05) is 213 Å². The molecule has 6 nitrogen and oxygen atoms in total. The van der Waals surface area contributed by atoms with Crippen molar-refractivity contribution in [1.29, 1.82) is 0 Å². The van der Waals surface area contributed by atoms with Gasteiger partial charge in [-0.25, -0.2) is 0 Å². The van der Waals surface area contributed by atoms with E-state index in [4.69, 9.17) is 14.2 Å². The molecule has 0 N–H and O–H groups in total. The van der Waals surface area contributed by atoms with Gasteiger partial charge in [0.25, 0.3) is 0 Å². The topological polar surface area (TPSA) is 78.9 Å². The molecule has 0 amide bonds. The Morgan fingerprint density at radius 3 is 1.19 bits per heavy atom. The van der Waals surface area contributed by atoms with Crippen molar-refractivity contribution in [2.24, 2.45) is 0 Å². The fourth-order valence-electron chi connectivity index (χ4n) is 6.35. The second-order valence-electron chi connectivity index (χ2n) is 16.1. The molecular weight excluding hydrogens is 781 g/mol. The highest BCUT2D eigenvalue weighted by atomic mass is 16.6. The Balaban J connectivity index is 4.56. The first kappa shape index (κ1) is 58.8. The lowest BCUT2D eigenvalue weighted by Gasteiger charge is -2.18. The standard InChI is InChI=1S/C57H90O6/c1-4-7-10-13-16-19-22-25-27-28-30-32-35-38-41-44-47-50-56(59)62-53-54(52-61-55(58)49-46-43-40-37-34-31-24-21-18-15-12-9-6-3)63-57(60)51-48-45-42-39-36-33-29-26-23-20-17-14-11-8-5-2/h8-9,11-12,14-15,17-18,20-21,23-25,27,30-32,34,38,41,54H,4-7,10,13,16,19,22,26,28-29,33,35-37,39-40,42-53H2,1-3H3/b11-8+,12-9+,17-14+,18-15+,23-20+,24-21+,27-25+,32-30+,34-31+,41-38+. The minimum absolute atomic E-state index is 0.123. The molecule has 0 aliphatic rings. The van der Waals surface area contributed by atoms with E-state index >= 15 is 0 Å². The maximum atomic E-state index is 12.8. The minimum atomic E-state index is -0.824. The number of unbranched alkanes of at least 4 members (excludes halogenated alkanes) is 17. The fourth-order valence-corrected chi connectivity index (χ4v) is 6.35. The monoisotopic (exact) mass is 871 g/mol. The van der Waals surface area contributed by atoms with Crippen molar-refractivity contribution in [1.82, 2.24) is 0 Å². The molecule has 63 heavy (non-hydrogen) atoms. The van der Waals surface area contributed by atoms with E-state index < -0.39 is 6.10 Å². The normalized spacial score (nSPS) is 13.1. The van der Waals surface area contributed by atoms with Crippen LogP contribution in [0.15, 0.2) is 122 Å². The van der Waals surface area contributed by atoms with Crippen molar-refractivity contribution in [3.05, 3.63) is 122 Å². The fraction of sp³-hybridized carbons (Fsp3) is 0.596. The van der Waals surface area contributed by atoms with Crippen LogP contribution in [0.1, 0.15) is 201 Å². The molecule has 0 aliphatic carbocycles. The lowest BCUT2D eigenvalue weighted by molar-refractivity contribution is -0.167. The second-order valence-corrected chi connectivity index (χ2v) is 16.1. The molecule has 0 aliphatic heterocycles. The molecule has 0 saturated carbocycles. The number of ether oxygens (including phenoxy) is 3. The lowest BCUT2D eigenvalue weighted by Crippen LogP contribution is -2.30. The Kier molecular flexibility index (Phi) is 47.1. The molecule has 1 atom stereocenters. The molecule has 0 rings (SSSR count). The predicted molar refractivity (Wildman–Crippen MR) is 269 cm³/mol. The number of esters is 3. The van der Waals surface area contributed by atoms with Gasteiger partial charge in [0.2, 0.25) is 0 Å². The quantitative estimate of drug-likeness (QED) is 0.0200. The average molecular weight is 871 g/mol. The summed E-state index contributed by atoms with van der Waals surface area (Å²) in [6.07, 6.45) is 69.0. The molecule has 0 aromatic carbocycles. The molecule has 6 heteroatoms. The molecular formula is C57H90O6. The molecule has 0 radical (unpaired) electrons. The Bertz CT molecular complexity index is 1370. The van der Waals surface area contributed by atoms with Gasteiger partial charge < -0.3 is 14.2 Å². The number of carbonyl (C=O) groups excluding carboxylic acids is 3. The number of hydrogen-bond donors (Lipinski definition) is 0. The van der Waals surface area contributed by atoms with E-state index in [-0.39, 0.29) is 37.5 Å². The Hall–Kier alpha value is -4.19. The van der Waals surface area contributed by atoms with E-state index in [1.54, 1.807) is 0 Å². The van der Waals surface area contributed by atoms with Crippen LogP contribution in [0.4, 0.5) is 0 Å². The largest absolute Gasteiger partial charge is 0.462 e. The van der Waals surface area contributed by atoms with Gasteiger partial charge in [-0.2, -0.15) is 0 Å². The summed E-state index contributed by atoms with van der Waals surface area (Å²) in [6, 6.07) is 0. The van der Waals surface area contributed by atoms with Crippen LogP contribution in [0.3, 0.4) is 0 Å². The SMILES string of the molecule is CC/C=C/C=C/C=C/C=C/CCCCCC(=O)OCC(COC(=O)CCC/C=C/C/C=C/C/C=C/CCCCCCCC)OC(=O)CCCCCCCCC/C=C/C=C/C=C/CC. The van der Waals surface area contributed by atoms with Crippen LogP contribution in [0.5, 0.6) is 0 Å². The van der Waals surface area contributed by atoms with Crippen molar-refractivity contribution in [2.45, 2.75) is 207 Å². The van der Waals surface area contributed by atoms with Gasteiger partial charge in [0.1, 0.15) is 13.2 Å². The van der Waals surface area contributed by atoms with Crippen molar-refractivity contribution in [2.75, 3.05) is 13.2 Å². The third kappa shape index (κ3) is 48.7. The van der Waals surface area contributed by atoms with Gasteiger partial charge in [0.05, 0.1) is 0 Å². The molecule has 0 bridgehead atoms. The van der Waals surface area contributed by atoms with Crippen molar-refractivity contribution >= 4 is 17.9 Å². The van der Waals surface area contributed by atoms with Crippen molar-refractivity contribution in [3.8, 4) is 0 Å². The first-order valence-corrected chi connectivity index (χ1v) is 25.1. The summed E-state index contributed by atoms with van der Waals surface area (Å²) in [5.41, 5.74) is 0. The molecule has 0 heterocycles. The van der Waals surface area contributed by atoms with Crippen LogP contribution in [0, 0.1) is 0 Å². The summed E-state index contributed by atoms with van der Waals surface area (Å²) in [7, 11) is 0. The third-order valence-electron chi connectivity index (χ3n) is 10.1. The minimum Gasteiger partial charge on any atom is -0.462 e. The van der Waals surface area contributed by atoms with Gasteiger partial charge >= 0.3 is 17.9 Å². The summed E-state index contributed by atoms with van der Waals surface area (Å²) in [4.78, 5) is 37.9. The van der Waals surface area contributed by atoms with E-state index in [0.29, 0.717) is 19.3 Å². The number of rotatable bonds is 43. The number of hydrogen-bond acceptors (Lipinski definition) is 6. The Labute approximate surface area is 386 Å². The van der Waals surface area contributed by atoms with Crippen LogP contribution < -0.4 is 0 Å². The zero-order valence-corrected chi connectivity index (χ0v) is 40.3. The smallest absolute Gasteiger partial charge is 0.306 e. The van der Waals surface area contributed by atoms with Gasteiger partial charge in [-0.05, 0) is 89.9 Å². The average Bonchev–Trinajstić information content (AvgIpc) is 3.28. The first-order valence-electron chi connectivity index (χ1n) is 25.1. The zero-order chi connectivity index (χ0) is 45.8. The highest BCUT2D eigenvalue weighted by Crippen LogP contribution is 2.13. The van der Waals surface area contributed by atoms with Gasteiger partial charge in [-0.3, -0.25) is 14.4 Å². The van der Waals surface area contributed by atoms with Crippen molar-refractivity contribution in [3.63, 3.8) is 0 Å². The number of carbonyl (C=O) groups is 3. The third-order valence-corrected chi connectivity index (χ3v) is 10.1. The maximum absolute atomic E-state index is 12.8. The molecule has 0 aromatic rings.